The van der Waals surface area contributed by atoms with Gasteiger partial charge < -0.3 is 14.2 Å². The zero-order valence-electron chi connectivity index (χ0n) is 18.9. The second kappa shape index (κ2) is 8.76. The topological polar surface area (TPSA) is 30.3 Å². The highest BCUT2D eigenvalue weighted by Crippen LogP contribution is 2.37. The van der Waals surface area contributed by atoms with Crippen LogP contribution >= 0.6 is 0 Å². The van der Waals surface area contributed by atoms with Crippen LogP contribution in [0.2, 0.25) is 0 Å². The smallest absolute Gasteiger partial charge is 0.373 e. The van der Waals surface area contributed by atoms with Crippen molar-refractivity contribution in [2.24, 2.45) is 5.92 Å². The fraction of sp³-hybridized carbons (Fsp3) is 0.500. The van der Waals surface area contributed by atoms with Crippen LogP contribution in [0.25, 0.3) is 11.0 Å². The number of hydrogen-bond acceptors (Lipinski definition) is 3. The van der Waals surface area contributed by atoms with E-state index in [1.165, 1.54) is 5.56 Å². The summed E-state index contributed by atoms with van der Waals surface area (Å²) in [6, 6.07) is 14.4. The first-order valence-corrected chi connectivity index (χ1v) is 11.7. The molecule has 2 aromatic carbocycles. The molecule has 0 amide bonds. The van der Waals surface area contributed by atoms with E-state index in [0.717, 1.165) is 63.0 Å². The molecule has 3 aromatic rings. The molecule has 0 atom stereocenters. The molecule has 1 saturated heterocycles. The number of halogens is 3. The van der Waals surface area contributed by atoms with Crippen molar-refractivity contribution in [3.05, 3.63) is 65.5 Å². The summed E-state index contributed by atoms with van der Waals surface area (Å²) < 4.78 is 48.0. The third-order valence-electron chi connectivity index (χ3n) is 7.23. The molecule has 1 aromatic heterocycles. The van der Waals surface area contributed by atoms with E-state index in [-0.39, 0.29) is 5.41 Å². The molecule has 1 aliphatic heterocycles. The predicted molar refractivity (Wildman–Crippen MR) is 122 cm³/mol. The first-order valence-electron chi connectivity index (χ1n) is 11.7. The number of ether oxygens (including phenoxy) is 1. The van der Waals surface area contributed by atoms with Crippen LogP contribution in [0, 0.1) is 5.92 Å². The Morgan fingerprint density at radius 1 is 1.06 bits per heavy atom. The number of likely N-dealkylation sites (tertiary alicyclic amines) is 1. The molecule has 5 rings (SSSR count). The van der Waals surface area contributed by atoms with Crippen molar-refractivity contribution in [1.82, 2.24) is 14.5 Å². The van der Waals surface area contributed by atoms with Crippen molar-refractivity contribution in [3.8, 4) is 0 Å². The minimum absolute atomic E-state index is 0.0510. The lowest BCUT2D eigenvalue weighted by Gasteiger charge is -2.41. The number of nitrogens with zero attached hydrogens (tertiary/aromatic N) is 3. The van der Waals surface area contributed by atoms with Crippen molar-refractivity contribution in [2.45, 2.75) is 50.4 Å². The van der Waals surface area contributed by atoms with Crippen molar-refractivity contribution in [2.75, 3.05) is 26.7 Å². The molecule has 4 nitrogen and oxygen atoms in total. The van der Waals surface area contributed by atoms with E-state index in [0.29, 0.717) is 30.5 Å². The monoisotopic (exact) mass is 457 g/mol. The SMILES string of the molecule is CN1CCC(COCc2nc3cc(C(F)(F)F)ccc3n2CC2CC2)(c2ccccc2)CC1. The van der Waals surface area contributed by atoms with Crippen molar-refractivity contribution in [3.63, 3.8) is 0 Å². The maximum atomic E-state index is 13.2. The molecule has 1 aliphatic carbocycles. The fourth-order valence-corrected chi connectivity index (χ4v) is 4.92. The normalized spacial score (nSPS) is 19.3. The minimum Gasteiger partial charge on any atom is -0.373 e. The first-order chi connectivity index (χ1) is 15.8. The second-order valence-electron chi connectivity index (χ2n) is 9.73. The largest absolute Gasteiger partial charge is 0.416 e. The number of aromatic nitrogens is 2. The van der Waals surface area contributed by atoms with Crippen molar-refractivity contribution < 1.29 is 17.9 Å². The van der Waals surface area contributed by atoms with Gasteiger partial charge in [-0.1, -0.05) is 30.3 Å². The maximum absolute atomic E-state index is 13.2. The lowest BCUT2D eigenvalue weighted by Crippen LogP contribution is -2.43. The first kappa shape index (κ1) is 22.4. The number of fused-ring (bicyclic) bond motifs is 1. The third-order valence-corrected chi connectivity index (χ3v) is 7.23. The number of alkyl halides is 3. The Morgan fingerprint density at radius 3 is 2.45 bits per heavy atom. The molecule has 7 heteroatoms. The van der Waals surface area contributed by atoms with Gasteiger partial charge >= 0.3 is 6.18 Å². The molecule has 2 heterocycles. The molecule has 0 bridgehead atoms. The van der Waals surface area contributed by atoms with Gasteiger partial charge in [-0.25, -0.2) is 4.98 Å². The molecule has 0 radical (unpaired) electrons. The maximum Gasteiger partial charge on any atom is 0.416 e. The van der Waals surface area contributed by atoms with Crippen LogP contribution in [-0.2, 0) is 29.5 Å². The molecular formula is C26H30F3N3O. The van der Waals surface area contributed by atoms with E-state index in [2.05, 4.69) is 45.8 Å². The number of rotatable bonds is 7. The van der Waals surface area contributed by atoms with Gasteiger partial charge in [-0.3, -0.25) is 0 Å². The Hall–Kier alpha value is -2.38. The Kier molecular flexibility index (Phi) is 5.95. The molecular weight excluding hydrogens is 427 g/mol. The number of imidazole rings is 1. The van der Waals surface area contributed by atoms with Gasteiger partial charge in [0.15, 0.2) is 0 Å². The summed E-state index contributed by atoms with van der Waals surface area (Å²) in [5.41, 5.74) is 1.73. The quantitative estimate of drug-likeness (QED) is 0.460. The molecule has 1 saturated carbocycles. The van der Waals surface area contributed by atoms with Crippen LogP contribution in [0.1, 0.15) is 42.6 Å². The zero-order valence-corrected chi connectivity index (χ0v) is 18.9. The molecule has 2 aliphatic rings. The van der Waals surface area contributed by atoms with Gasteiger partial charge in [0.05, 0.1) is 23.2 Å². The molecule has 2 fully saturated rings. The van der Waals surface area contributed by atoms with Gasteiger partial charge in [0.2, 0.25) is 0 Å². The minimum atomic E-state index is -4.37. The fourth-order valence-electron chi connectivity index (χ4n) is 4.92. The van der Waals surface area contributed by atoms with E-state index in [1.807, 2.05) is 6.07 Å². The number of piperidine rings is 1. The van der Waals surface area contributed by atoms with E-state index in [9.17, 15) is 13.2 Å². The molecule has 0 spiro atoms. The van der Waals surface area contributed by atoms with Gasteiger partial charge in [-0.15, -0.1) is 0 Å². The highest BCUT2D eigenvalue weighted by atomic mass is 19.4. The van der Waals surface area contributed by atoms with Crippen LogP contribution < -0.4 is 0 Å². The Balaban J connectivity index is 1.38. The van der Waals surface area contributed by atoms with Gasteiger partial charge in [0.1, 0.15) is 12.4 Å². The molecule has 176 valence electrons. The number of benzene rings is 2. The Morgan fingerprint density at radius 2 is 1.79 bits per heavy atom. The van der Waals surface area contributed by atoms with E-state index >= 15 is 0 Å². The van der Waals surface area contributed by atoms with Gasteiger partial charge in [0, 0.05) is 12.0 Å². The average Bonchev–Trinajstić information content (AvgIpc) is 3.56. The number of hydrogen-bond donors (Lipinski definition) is 0. The molecule has 0 N–H and O–H groups in total. The lowest BCUT2D eigenvalue weighted by molar-refractivity contribution is -0.137. The average molecular weight is 458 g/mol. The van der Waals surface area contributed by atoms with Gasteiger partial charge in [0.25, 0.3) is 0 Å². The third kappa shape index (κ3) is 4.80. The van der Waals surface area contributed by atoms with Crippen molar-refractivity contribution in [1.29, 1.82) is 0 Å². The molecule has 0 unspecified atom stereocenters. The standard InChI is InChI=1S/C26H30F3N3O/c1-31-13-11-25(12-14-31,20-5-3-2-4-6-20)18-33-17-24-30-22-15-21(26(27,28)29)9-10-23(22)32(24)16-19-7-8-19/h2-6,9-10,15,19H,7-8,11-14,16-18H2,1H3. The van der Waals surface area contributed by atoms with Gasteiger partial charge in [-0.2, -0.15) is 13.2 Å². The van der Waals surface area contributed by atoms with Crippen molar-refractivity contribution >= 4 is 11.0 Å². The summed E-state index contributed by atoms with van der Waals surface area (Å²) in [6.45, 7) is 3.69. The van der Waals surface area contributed by atoms with Crippen LogP contribution in [0.15, 0.2) is 48.5 Å². The lowest BCUT2D eigenvalue weighted by atomic mass is 9.73. The Labute approximate surface area is 192 Å². The summed E-state index contributed by atoms with van der Waals surface area (Å²) in [5, 5.41) is 0. The van der Waals surface area contributed by atoms with E-state index in [4.69, 9.17) is 4.74 Å². The molecule has 33 heavy (non-hydrogen) atoms. The van der Waals surface area contributed by atoms with Gasteiger partial charge in [-0.05, 0) is 75.5 Å². The summed E-state index contributed by atoms with van der Waals surface area (Å²) >= 11 is 0. The van der Waals surface area contributed by atoms with Crippen LogP contribution in [-0.4, -0.2) is 41.2 Å². The highest BCUT2D eigenvalue weighted by molar-refractivity contribution is 5.77. The van der Waals surface area contributed by atoms with Crippen LogP contribution in [0.5, 0.6) is 0 Å². The summed E-state index contributed by atoms with van der Waals surface area (Å²) in [6.07, 6.45) is -0.0281. The summed E-state index contributed by atoms with van der Waals surface area (Å²) in [4.78, 5) is 6.93. The predicted octanol–water partition coefficient (Wildman–Crippen LogP) is 5.65. The zero-order chi connectivity index (χ0) is 23.1. The van der Waals surface area contributed by atoms with E-state index in [1.54, 1.807) is 6.07 Å². The second-order valence-corrected chi connectivity index (χ2v) is 9.73. The van der Waals surface area contributed by atoms with E-state index < -0.39 is 11.7 Å². The Bertz CT molecular complexity index is 1100. The summed E-state index contributed by atoms with van der Waals surface area (Å²) in [5.74, 6) is 1.29. The van der Waals surface area contributed by atoms with Crippen LogP contribution in [0.3, 0.4) is 0 Å². The van der Waals surface area contributed by atoms with Crippen LogP contribution in [0.4, 0.5) is 13.2 Å². The summed E-state index contributed by atoms with van der Waals surface area (Å²) in [7, 11) is 2.14. The highest BCUT2D eigenvalue weighted by Gasteiger charge is 2.36.